The standard InChI is InChI=1S/C13H17N5O/c1-9-8-14-15-12(9)11-4-3-6-18(11)13(19)10-5-7-17(2)16-10/h5,7-8,11H,3-4,6H2,1-2H3,(H,14,15)/t11-/m1/s1. The van der Waals surface area contributed by atoms with Crippen LogP contribution in [0, 0.1) is 6.92 Å². The first-order valence-electron chi connectivity index (χ1n) is 6.47. The van der Waals surface area contributed by atoms with Crippen LogP contribution in [0.1, 0.15) is 40.6 Å². The summed E-state index contributed by atoms with van der Waals surface area (Å²) in [4.78, 5) is 14.4. The lowest BCUT2D eigenvalue weighted by Crippen LogP contribution is -2.31. The molecule has 1 saturated heterocycles. The zero-order valence-corrected chi connectivity index (χ0v) is 11.1. The number of nitrogens with one attached hydrogen (secondary N) is 1. The number of likely N-dealkylation sites (tertiary alicyclic amines) is 1. The average molecular weight is 259 g/mol. The number of amides is 1. The molecule has 2 aromatic rings. The van der Waals surface area contributed by atoms with E-state index in [-0.39, 0.29) is 11.9 Å². The Hall–Kier alpha value is -2.11. The molecular formula is C13H17N5O. The minimum absolute atomic E-state index is 0.00269. The summed E-state index contributed by atoms with van der Waals surface area (Å²) >= 11 is 0. The fourth-order valence-electron chi connectivity index (χ4n) is 2.68. The van der Waals surface area contributed by atoms with Crippen LogP contribution in [-0.4, -0.2) is 37.3 Å². The highest BCUT2D eigenvalue weighted by Crippen LogP contribution is 2.33. The van der Waals surface area contributed by atoms with Crippen molar-refractivity contribution in [3.05, 3.63) is 35.4 Å². The maximum absolute atomic E-state index is 12.5. The summed E-state index contributed by atoms with van der Waals surface area (Å²) in [5.41, 5.74) is 2.65. The second-order valence-electron chi connectivity index (χ2n) is 5.00. The average Bonchev–Trinajstić information content (AvgIpc) is 3.07. The van der Waals surface area contributed by atoms with Gasteiger partial charge in [-0.1, -0.05) is 0 Å². The van der Waals surface area contributed by atoms with Gasteiger partial charge in [0.05, 0.1) is 17.9 Å². The molecule has 0 saturated carbocycles. The second-order valence-corrected chi connectivity index (χ2v) is 5.00. The number of H-pyrrole nitrogens is 1. The van der Waals surface area contributed by atoms with E-state index < -0.39 is 0 Å². The van der Waals surface area contributed by atoms with Gasteiger partial charge in [-0.25, -0.2) is 0 Å². The summed E-state index contributed by atoms with van der Waals surface area (Å²) in [7, 11) is 1.82. The van der Waals surface area contributed by atoms with Crippen LogP contribution >= 0.6 is 0 Å². The van der Waals surface area contributed by atoms with Gasteiger partial charge < -0.3 is 4.90 Å². The van der Waals surface area contributed by atoms with Gasteiger partial charge in [-0.3, -0.25) is 14.6 Å². The summed E-state index contributed by atoms with van der Waals surface area (Å²) in [5, 5.41) is 11.3. The Balaban J connectivity index is 1.88. The zero-order chi connectivity index (χ0) is 13.4. The molecule has 1 atom stereocenters. The van der Waals surface area contributed by atoms with Crippen molar-refractivity contribution in [3.8, 4) is 0 Å². The molecule has 1 N–H and O–H groups in total. The predicted molar refractivity (Wildman–Crippen MR) is 69.5 cm³/mol. The number of nitrogens with zero attached hydrogens (tertiary/aromatic N) is 4. The smallest absolute Gasteiger partial charge is 0.274 e. The lowest BCUT2D eigenvalue weighted by Gasteiger charge is -2.23. The van der Waals surface area contributed by atoms with Crippen LogP contribution < -0.4 is 0 Å². The maximum atomic E-state index is 12.5. The number of aromatic nitrogens is 4. The number of carbonyl (C=O) groups excluding carboxylic acids is 1. The van der Waals surface area contributed by atoms with E-state index >= 15 is 0 Å². The van der Waals surface area contributed by atoms with E-state index in [9.17, 15) is 4.79 Å². The summed E-state index contributed by atoms with van der Waals surface area (Å²) in [6.45, 7) is 2.79. The van der Waals surface area contributed by atoms with E-state index in [1.807, 2.05) is 18.9 Å². The lowest BCUT2D eigenvalue weighted by atomic mass is 10.1. The topological polar surface area (TPSA) is 66.8 Å². The lowest BCUT2D eigenvalue weighted by molar-refractivity contribution is 0.0726. The molecule has 3 heterocycles. The van der Waals surface area contributed by atoms with Crippen LogP contribution in [0.25, 0.3) is 0 Å². The van der Waals surface area contributed by atoms with Crippen molar-refractivity contribution in [2.45, 2.75) is 25.8 Å². The Morgan fingerprint density at radius 2 is 2.37 bits per heavy atom. The number of aromatic amines is 1. The van der Waals surface area contributed by atoms with Gasteiger partial charge in [0, 0.05) is 19.8 Å². The minimum Gasteiger partial charge on any atom is -0.329 e. The molecule has 3 rings (SSSR count). The first-order valence-corrected chi connectivity index (χ1v) is 6.47. The third-order valence-corrected chi connectivity index (χ3v) is 3.65. The summed E-state index contributed by atoms with van der Waals surface area (Å²) < 4.78 is 1.65. The molecule has 6 nitrogen and oxygen atoms in total. The molecule has 2 aromatic heterocycles. The number of hydrogen-bond donors (Lipinski definition) is 1. The minimum atomic E-state index is -0.00269. The van der Waals surface area contributed by atoms with Gasteiger partial charge >= 0.3 is 0 Å². The summed E-state index contributed by atoms with van der Waals surface area (Å²) in [6, 6.07) is 1.86. The van der Waals surface area contributed by atoms with Gasteiger partial charge in [0.2, 0.25) is 0 Å². The molecule has 1 fully saturated rings. The Labute approximate surface area is 111 Å². The fraction of sp³-hybridized carbons (Fsp3) is 0.462. The van der Waals surface area contributed by atoms with E-state index in [0.29, 0.717) is 5.69 Å². The Bertz CT molecular complexity index is 600. The second kappa shape index (κ2) is 4.53. The van der Waals surface area contributed by atoms with Crippen LogP contribution in [-0.2, 0) is 7.05 Å². The van der Waals surface area contributed by atoms with Gasteiger partial charge in [0.15, 0.2) is 0 Å². The van der Waals surface area contributed by atoms with Crippen molar-refractivity contribution >= 4 is 5.91 Å². The molecule has 0 spiro atoms. The van der Waals surface area contributed by atoms with Crippen molar-refractivity contribution in [2.75, 3.05) is 6.54 Å². The van der Waals surface area contributed by atoms with Gasteiger partial charge in [0.25, 0.3) is 5.91 Å². The molecule has 1 amide bonds. The summed E-state index contributed by atoms with van der Waals surface area (Å²) in [5.74, 6) is -0.00269. The molecular weight excluding hydrogens is 242 g/mol. The SMILES string of the molecule is Cc1cn[nH]c1[C@H]1CCCN1C(=O)c1ccn(C)n1. The number of rotatable bonds is 2. The Morgan fingerprint density at radius 1 is 1.53 bits per heavy atom. The van der Waals surface area contributed by atoms with Crippen molar-refractivity contribution in [2.24, 2.45) is 7.05 Å². The highest BCUT2D eigenvalue weighted by atomic mass is 16.2. The van der Waals surface area contributed by atoms with Crippen molar-refractivity contribution in [1.82, 2.24) is 24.9 Å². The highest BCUT2D eigenvalue weighted by molar-refractivity contribution is 5.92. The van der Waals surface area contributed by atoms with Crippen LogP contribution in [0.2, 0.25) is 0 Å². The van der Waals surface area contributed by atoms with Gasteiger partial charge in [0.1, 0.15) is 5.69 Å². The number of carbonyl (C=O) groups is 1. The quantitative estimate of drug-likeness (QED) is 0.887. The Morgan fingerprint density at radius 3 is 3.00 bits per heavy atom. The number of aryl methyl sites for hydroxylation is 2. The molecule has 100 valence electrons. The molecule has 1 aliphatic rings. The van der Waals surface area contributed by atoms with Gasteiger partial charge in [-0.15, -0.1) is 0 Å². The fourth-order valence-corrected chi connectivity index (χ4v) is 2.68. The third kappa shape index (κ3) is 2.03. The molecule has 6 heteroatoms. The first-order chi connectivity index (χ1) is 9.16. The van der Waals surface area contributed by atoms with Crippen LogP contribution in [0.15, 0.2) is 18.5 Å². The van der Waals surface area contributed by atoms with Crippen molar-refractivity contribution < 1.29 is 4.79 Å². The monoisotopic (exact) mass is 259 g/mol. The number of hydrogen-bond acceptors (Lipinski definition) is 3. The molecule has 0 aromatic carbocycles. The van der Waals surface area contributed by atoms with Crippen molar-refractivity contribution in [3.63, 3.8) is 0 Å². The molecule has 0 unspecified atom stereocenters. The predicted octanol–water partition coefficient (Wildman–Crippen LogP) is 1.43. The highest BCUT2D eigenvalue weighted by Gasteiger charge is 2.33. The molecule has 1 aliphatic heterocycles. The van der Waals surface area contributed by atoms with Crippen LogP contribution in [0.5, 0.6) is 0 Å². The molecule has 19 heavy (non-hydrogen) atoms. The maximum Gasteiger partial charge on any atom is 0.274 e. The third-order valence-electron chi connectivity index (χ3n) is 3.65. The first kappa shape index (κ1) is 12.0. The van der Waals surface area contributed by atoms with E-state index in [1.54, 1.807) is 23.1 Å². The normalized spacial score (nSPS) is 19.1. The zero-order valence-electron chi connectivity index (χ0n) is 11.1. The van der Waals surface area contributed by atoms with E-state index in [4.69, 9.17) is 0 Å². The Kier molecular flexibility index (Phi) is 2.85. The van der Waals surface area contributed by atoms with Gasteiger partial charge in [-0.2, -0.15) is 10.2 Å². The van der Waals surface area contributed by atoms with Gasteiger partial charge in [-0.05, 0) is 31.4 Å². The summed E-state index contributed by atoms with van der Waals surface area (Å²) in [6.07, 6.45) is 5.58. The van der Waals surface area contributed by atoms with Crippen LogP contribution in [0.4, 0.5) is 0 Å². The molecule has 0 aliphatic carbocycles. The van der Waals surface area contributed by atoms with E-state index in [1.165, 1.54) is 0 Å². The largest absolute Gasteiger partial charge is 0.329 e. The van der Waals surface area contributed by atoms with E-state index in [0.717, 1.165) is 30.6 Å². The van der Waals surface area contributed by atoms with Crippen LogP contribution in [0.3, 0.4) is 0 Å². The molecule has 0 bridgehead atoms. The van der Waals surface area contributed by atoms with Crippen molar-refractivity contribution in [1.29, 1.82) is 0 Å². The molecule has 0 radical (unpaired) electrons. The van der Waals surface area contributed by atoms with E-state index in [2.05, 4.69) is 15.3 Å².